The third kappa shape index (κ3) is 8.94. The summed E-state index contributed by atoms with van der Waals surface area (Å²) in [4.78, 5) is 0. The van der Waals surface area contributed by atoms with Gasteiger partial charge in [0, 0.05) is 0 Å². The van der Waals surface area contributed by atoms with Crippen molar-refractivity contribution in [2.75, 3.05) is 0 Å². The number of hydrogen-bond acceptors (Lipinski definition) is 1. The van der Waals surface area contributed by atoms with E-state index >= 15 is 0 Å². The summed E-state index contributed by atoms with van der Waals surface area (Å²) in [5, 5.41) is 0. The molecule has 4 heteroatoms. The van der Waals surface area contributed by atoms with Crippen molar-refractivity contribution in [2.45, 2.75) is 0 Å². The van der Waals surface area contributed by atoms with E-state index in [4.69, 9.17) is 4.66 Å². The Morgan fingerprint density at radius 1 is 1.25 bits per heavy atom. The first-order valence-electron chi connectivity index (χ1n) is 0.169. The molecule has 0 atom stereocenters. The van der Waals surface area contributed by atoms with Crippen LogP contribution in [-0.2, 0) is 0 Å². The van der Waals surface area contributed by atoms with Gasteiger partial charge in [-0.05, 0) is 0 Å². The maximum absolute atomic E-state index is 6.47. The van der Waals surface area contributed by atoms with Gasteiger partial charge in [0.2, 0.25) is 0 Å². The fraction of sp³-hybridized carbons (Fsp3) is 0. The fourth-order valence-electron chi connectivity index (χ4n) is 0. The van der Waals surface area contributed by atoms with Crippen molar-refractivity contribution in [2.24, 2.45) is 0 Å². The second-order valence-corrected chi connectivity index (χ2v) is 0. The van der Waals surface area contributed by atoms with Gasteiger partial charge in [0.25, 0.3) is 0 Å². The van der Waals surface area contributed by atoms with Gasteiger partial charge in [-0.2, -0.15) is 0 Å². The van der Waals surface area contributed by atoms with Crippen LogP contribution < -0.4 is 0 Å². The fourth-order valence-corrected chi connectivity index (χ4v) is 0. The molecule has 0 aliphatic carbocycles. The average molecular weight is 135 g/mol. The van der Waals surface area contributed by atoms with E-state index in [0.29, 0.717) is 0 Å². The molecule has 0 unspecified atom stereocenters. The van der Waals surface area contributed by atoms with E-state index < -0.39 is 0 Å². The summed E-state index contributed by atoms with van der Waals surface area (Å²) in [6.07, 6.45) is 0. The molecule has 0 fully saturated rings. The van der Waals surface area contributed by atoms with Crippen molar-refractivity contribution in [3.8, 4) is 0 Å². The van der Waals surface area contributed by atoms with Crippen LogP contribution in [0.3, 0.4) is 0 Å². The summed E-state index contributed by atoms with van der Waals surface area (Å²) in [5.41, 5.74) is 0. The quantitative estimate of drug-likeness (QED) is 0.403. The zero-order valence-electron chi connectivity index (χ0n) is 0.825. The Morgan fingerprint density at radius 2 is 1.25 bits per heavy atom. The Kier molecular flexibility index (Phi) is 64.6. The topological polar surface area (TPSA) is 20.2 Å². The minimum absolute atomic E-state index is 0. The zero-order valence-corrected chi connectivity index (χ0v) is 1.58. The van der Waals surface area contributed by atoms with E-state index in [1.54, 1.807) is 0 Å². The molecule has 0 rings (SSSR count). The van der Waals surface area contributed by atoms with Gasteiger partial charge < -0.3 is 0 Å². The molecule has 20 valence electrons. The second-order valence-electron chi connectivity index (χ2n) is 0. The normalized spacial score (nSPS) is 1.50. The van der Waals surface area contributed by atoms with Crippen LogP contribution >= 0.6 is 11.9 Å². The molecule has 0 spiro atoms. The molecule has 0 heterocycles. The summed E-state index contributed by atoms with van der Waals surface area (Å²) in [5.74, 6) is 0. The number of hydrogen-bond donors (Lipinski definition) is 1. The van der Waals surface area contributed by atoms with Crippen LogP contribution in [0, 0.1) is 0 Å². The van der Waals surface area contributed by atoms with E-state index in [2.05, 4.69) is 11.9 Å². The van der Waals surface area contributed by atoms with Gasteiger partial charge in [-0.3, -0.25) is 4.66 Å². The van der Waals surface area contributed by atoms with Gasteiger partial charge in [-0.25, -0.2) is 0 Å². The monoisotopic (exact) mass is 134 g/mol. The van der Waals surface area contributed by atoms with Crippen LogP contribution in [0.1, 0.15) is 0 Å². The van der Waals surface area contributed by atoms with E-state index in [0.717, 1.165) is 0 Å². The molecule has 0 aliphatic rings. The summed E-state index contributed by atoms with van der Waals surface area (Å²) >= 11 is 3.64. The van der Waals surface area contributed by atoms with Gasteiger partial charge in [0.15, 0.2) is 0 Å². The molecule has 1 nitrogen and oxygen atoms in total. The van der Waals surface area contributed by atoms with Crippen molar-refractivity contribution >= 4 is 101 Å². The third-order valence-electron chi connectivity index (χ3n) is 0. The number of halogens is 1. The molecule has 0 aromatic rings. The predicted octanol–water partition coefficient (Wildman–Crippen LogP) is -1.43. The summed E-state index contributed by atoms with van der Waals surface area (Å²) in [7, 11) is 0. The van der Waals surface area contributed by atoms with Crippen LogP contribution in [0.4, 0.5) is 0 Å². The van der Waals surface area contributed by atoms with Gasteiger partial charge in [0.05, 0.1) is 11.9 Å². The average Bonchev–Trinajstić information content (AvgIpc) is 1.00. The van der Waals surface area contributed by atoms with E-state index in [1.165, 1.54) is 0 Å². The van der Waals surface area contributed by atoms with Crippen molar-refractivity contribution in [3.63, 3.8) is 0 Å². The van der Waals surface area contributed by atoms with Gasteiger partial charge in [-0.15, -0.1) is 0 Å². The van der Waals surface area contributed by atoms with Crippen molar-refractivity contribution in [1.82, 2.24) is 0 Å². The molecule has 4 heavy (non-hydrogen) atoms. The molecule has 0 saturated heterocycles. The van der Waals surface area contributed by atoms with Crippen LogP contribution in [0.25, 0.3) is 0 Å². The molecule has 0 bridgehead atoms. The standard InChI is InChI=1S/Ca.ClHO.K.3H/c;1-2;;;;/h;2H;;;;. The van der Waals surface area contributed by atoms with Crippen molar-refractivity contribution in [1.29, 1.82) is 0 Å². The summed E-state index contributed by atoms with van der Waals surface area (Å²) < 4.78 is 6.47. The van der Waals surface area contributed by atoms with Gasteiger partial charge in [-0.1, -0.05) is 0 Å². The predicted molar refractivity (Wildman–Crippen MR) is 23.8 cm³/mol. The van der Waals surface area contributed by atoms with Crippen LogP contribution in [0.2, 0.25) is 0 Å². The molecule has 0 amide bonds. The summed E-state index contributed by atoms with van der Waals surface area (Å²) in [6, 6.07) is 0. The first kappa shape index (κ1) is 15.7. The Morgan fingerprint density at radius 3 is 1.25 bits per heavy atom. The van der Waals surface area contributed by atoms with E-state index in [9.17, 15) is 0 Å². The van der Waals surface area contributed by atoms with Crippen LogP contribution in [-0.4, -0.2) is 93.8 Å². The second kappa shape index (κ2) is 16.4. The molecular formula is H4CaClKO. The first-order chi connectivity index (χ1) is 1.00. The molecule has 0 aromatic heterocycles. The Balaban J connectivity index is -0.00000000500. The Bertz CT molecular complexity index is 8.00. The molecule has 0 aliphatic heterocycles. The molecule has 0 saturated carbocycles. The summed E-state index contributed by atoms with van der Waals surface area (Å²) in [6.45, 7) is 0. The Hall–Kier alpha value is 3.15. The molecular weight excluding hydrogens is 131 g/mol. The van der Waals surface area contributed by atoms with Crippen molar-refractivity contribution in [3.05, 3.63) is 0 Å². The Labute approximate surface area is 103 Å². The number of rotatable bonds is 0. The van der Waals surface area contributed by atoms with Crippen molar-refractivity contribution < 1.29 is 4.66 Å². The third-order valence-corrected chi connectivity index (χ3v) is 0. The van der Waals surface area contributed by atoms with Gasteiger partial charge in [0.1, 0.15) is 0 Å². The SMILES string of the molecule is OCl.[CaH2].[KH]. The van der Waals surface area contributed by atoms with Crippen LogP contribution in [0.5, 0.6) is 0 Å². The molecule has 1 N–H and O–H groups in total. The van der Waals surface area contributed by atoms with E-state index in [-0.39, 0.29) is 89.1 Å². The van der Waals surface area contributed by atoms with Crippen LogP contribution in [0.15, 0.2) is 0 Å². The van der Waals surface area contributed by atoms with Gasteiger partial charge >= 0.3 is 89.1 Å². The zero-order chi connectivity index (χ0) is 2.00. The molecule has 0 aromatic carbocycles. The first-order valence-corrected chi connectivity index (χ1v) is 0.507. The minimum atomic E-state index is 0. The maximum atomic E-state index is 6.47. The van der Waals surface area contributed by atoms with E-state index in [1.807, 2.05) is 0 Å². The molecule has 0 radical (unpaired) electrons.